The van der Waals surface area contributed by atoms with Gasteiger partial charge in [-0.2, -0.15) is 4.98 Å². The van der Waals surface area contributed by atoms with Crippen molar-refractivity contribution < 1.29 is 9.45 Å². The van der Waals surface area contributed by atoms with E-state index in [1.165, 1.54) is 12.6 Å². The number of rotatable bonds is 4. The van der Waals surface area contributed by atoms with Crippen molar-refractivity contribution in [2.75, 3.05) is 5.32 Å². The van der Waals surface area contributed by atoms with Crippen LogP contribution in [-0.4, -0.2) is 20.0 Å². The lowest BCUT2D eigenvalue weighted by atomic mass is 10.1. The molecule has 1 N–H and O–H groups in total. The molecular formula is C12H9N5O3. The van der Waals surface area contributed by atoms with E-state index in [0.717, 1.165) is 0 Å². The second kappa shape index (κ2) is 4.92. The molecule has 2 heterocycles. The van der Waals surface area contributed by atoms with Crippen molar-refractivity contribution in [2.45, 2.75) is 6.54 Å². The maximum absolute atomic E-state index is 11.1. The summed E-state index contributed by atoms with van der Waals surface area (Å²) in [4.78, 5) is 18.6. The lowest BCUT2D eigenvalue weighted by molar-refractivity contribution is -0.384. The van der Waals surface area contributed by atoms with Gasteiger partial charge in [-0.15, -0.1) is 0 Å². The molecule has 100 valence electrons. The summed E-state index contributed by atoms with van der Waals surface area (Å²) >= 11 is 0. The number of hydrogen-bond acceptors (Lipinski definition) is 7. The second-order valence-electron chi connectivity index (χ2n) is 3.99. The summed E-state index contributed by atoms with van der Waals surface area (Å²) in [6, 6.07) is 7.18. The lowest BCUT2D eigenvalue weighted by Gasteiger charge is -2.08. The topological polar surface area (TPSA) is 107 Å². The zero-order valence-corrected chi connectivity index (χ0v) is 10.2. The first-order chi connectivity index (χ1) is 9.75. The van der Waals surface area contributed by atoms with Crippen molar-refractivity contribution in [1.29, 1.82) is 0 Å². The van der Waals surface area contributed by atoms with Crippen molar-refractivity contribution in [1.82, 2.24) is 15.1 Å². The molecule has 1 aromatic carbocycles. The number of nitrogens with one attached hydrogen (secondary N) is 1. The summed E-state index contributed by atoms with van der Waals surface area (Å²) in [5.74, 6) is 0.417. The number of anilines is 1. The standard InChI is InChI=1S/C12H9N5O3/c18-17(19)10-5-13-9-4-2-1-3-8(9)12(10)14-6-11-15-7-20-16-11/h1-5,7H,6H2,(H,13,14). The molecule has 0 saturated heterocycles. The normalized spacial score (nSPS) is 10.6. The first-order valence-corrected chi connectivity index (χ1v) is 5.77. The van der Waals surface area contributed by atoms with Gasteiger partial charge in [0, 0.05) is 5.39 Å². The Labute approximate surface area is 112 Å². The Kier molecular flexibility index (Phi) is 2.96. The first-order valence-electron chi connectivity index (χ1n) is 5.77. The molecular weight excluding hydrogens is 262 g/mol. The largest absolute Gasteiger partial charge is 0.371 e. The van der Waals surface area contributed by atoms with E-state index in [2.05, 4.69) is 25.0 Å². The summed E-state index contributed by atoms with van der Waals surface area (Å²) in [6.07, 6.45) is 2.44. The third-order valence-electron chi connectivity index (χ3n) is 2.78. The highest BCUT2D eigenvalue weighted by atomic mass is 16.6. The number of para-hydroxylation sites is 1. The fraction of sp³-hybridized carbons (Fsp3) is 0.0833. The van der Waals surface area contributed by atoms with Crippen LogP contribution in [0, 0.1) is 10.1 Å². The summed E-state index contributed by atoms with van der Waals surface area (Å²) in [6.45, 7) is 0.228. The van der Waals surface area contributed by atoms with Gasteiger partial charge in [0.05, 0.1) is 17.0 Å². The van der Waals surface area contributed by atoms with Crippen LogP contribution in [0.5, 0.6) is 0 Å². The van der Waals surface area contributed by atoms with Crippen molar-refractivity contribution >= 4 is 22.3 Å². The zero-order valence-electron chi connectivity index (χ0n) is 10.2. The van der Waals surface area contributed by atoms with Gasteiger partial charge in [0.1, 0.15) is 11.9 Å². The molecule has 0 amide bonds. The Morgan fingerprint density at radius 3 is 2.90 bits per heavy atom. The third kappa shape index (κ3) is 2.14. The number of aromatic nitrogens is 3. The average molecular weight is 271 g/mol. The van der Waals surface area contributed by atoms with E-state index in [9.17, 15) is 10.1 Å². The molecule has 8 nitrogen and oxygen atoms in total. The fourth-order valence-electron chi connectivity index (χ4n) is 1.89. The number of nitrogens with zero attached hydrogens (tertiary/aromatic N) is 4. The second-order valence-corrected chi connectivity index (χ2v) is 3.99. The van der Waals surface area contributed by atoms with Gasteiger partial charge in [-0.25, -0.2) is 4.98 Å². The summed E-state index contributed by atoms with van der Waals surface area (Å²) < 4.78 is 4.62. The summed E-state index contributed by atoms with van der Waals surface area (Å²) in [5.41, 5.74) is 0.978. The van der Waals surface area contributed by atoms with Crippen LogP contribution in [0.25, 0.3) is 10.9 Å². The van der Waals surface area contributed by atoms with Crippen LogP contribution in [-0.2, 0) is 6.54 Å². The van der Waals surface area contributed by atoms with E-state index < -0.39 is 4.92 Å². The highest BCUT2D eigenvalue weighted by Gasteiger charge is 2.18. The van der Waals surface area contributed by atoms with E-state index in [0.29, 0.717) is 22.4 Å². The lowest BCUT2D eigenvalue weighted by Crippen LogP contribution is -2.05. The van der Waals surface area contributed by atoms with Crippen LogP contribution in [0.15, 0.2) is 41.4 Å². The number of nitro groups is 1. The van der Waals surface area contributed by atoms with Gasteiger partial charge in [0.15, 0.2) is 5.82 Å². The SMILES string of the molecule is O=[N+]([O-])c1cnc2ccccc2c1NCc1ncon1. The number of benzene rings is 1. The molecule has 3 aromatic rings. The zero-order chi connectivity index (χ0) is 13.9. The summed E-state index contributed by atoms with van der Waals surface area (Å²) in [7, 11) is 0. The highest BCUT2D eigenvalue weighted by molar-refractivity contribution is 5.95. The average Bonchev–Trinajstić information content (AvgIpc) is 2.97. The Balaban J connectivity index is 2.05. The Bertz CT molecular complexity index is 757. The van der Waals surface area contributed by atoms with Crippen LogP contribution in [0.1, 0.15) is 5.82 Å². The van der Waals surface area contributed by atoms with Crippen molar-refractivity contribution in [3.05, 3.63) is 52.8 Å². The molecule has 3 rings (SSSR count). The van der Waals surface area contributed by atoms with Gasteiger partial charge < -0.3 is 9.84 Å². The minimum atomic E-state index is -0.474. The molecule has 0 fully saturated rings. The van der Waals surface area contributed by atoms with Crippen molar-refractivity contribution in [3.8, 4) is 0 Å². The van der Waals surface area contributed by atoms with Crippen LogP contribution in [0.2, 0.25) is 0 Å². The minimum absolute atomic E-state index is 0.0906. The molecule has 2 aromatic heterocycles. The fourth-order valence-corrected chi connectivity index (χ4v) is 1.89. The van der Waals surface area contributed by atoms with E-state index in [-0.39, 0.29) is 12.2 Å². The Morgan fingerprint density at radius 1 is 1.30 bits per heavy atom. The number of fused-ring (bicyclic) bond motifs is 1. The molecule has 0 unspecified atom stereocenters. The Hall–Kier alpha value is -3.03. The van der Waals surface area contributed by atoms with Gasteiger partial charge >= 0.3 is 5.69 Å². The van der Waals surface area contributed by atoms with Gasteiger partial charge in [-0.3, -0.25) is 10.1 Å². The molecule has 8 heteroatoms. The van der Waals surface area contributed by atoms with Gasteiger partial charge in [-0.05, 0) is 6.07 Å². The maximum atomic E-state index is 11.1. The number of pyridine rings is 1. The van der Waals surface area contributed by atoms with Gasteiger partial charge in [-0.1, -0.05) is 23.4 Å². The van der Waals surface area contributed by atoms with E-state index in [1.807, 2.05) is 6.07 Å². The smallest absolute Gasteiger partial charge is 0.311 e. The quantitative estimate of drug-likeness (QED) is 0.572. The first kappa shape index (κ1) is 12.0. The van der Waals surface area contributed by atoms with Crippen molar-refractivity contribution in [2.24, 2.45) is 0 Å². The van der Waals surface area contributed by atoms with E-state index in [1.54, 1.807) is 18.2 Å². The van der Waals surface area contributed by atoms with E-state index in [4.69, 9.17) is 0 Å². The monoisotopic (exact) mass is 271 g/mol. The van der Waals surface area contributed by atoms with Gasteiger partial charge in [0.2, 0.25) is 6.39 Å². The molecule has 0 saturated carbocycles. The molecule has 0 aliphatic rings. The summed E-state index contributed by atoms with van der Waals surface area (Å²) in [5, 5.41) is 18.4. The maximum Gasteiger partial charge on any atom is 0.311 e. The molecule has 20 heavy (non-hydrogen) atoms. The van der Waals surface area contributed by atoms with E-state index >= 15 is 0 Å². The molecule has 0 aliphatic carbocycles. The van der Waals surface area contributed by atoms with Crippen molar-refractivity contribution in [3.63, 3.8) is 0 Å². The number of hydrogen-bond donors (Lipinski definition) is 1. The third-order valence-corrected chi connectivity index (χ3v) is 2.78. The molecule has 0 bridgehead atoms. The molecule has 0 aliphatic heterocycles. The van der Waals surface area contributed by atoms with Crippen LogP contribution >= 0.6 is 0 Å². The predicted octanol–water partition coefficient (Wildman–Crippen LogP) is 2.14. The highest BCUT2D eigenvalue weighted by Crippen LogP contribution is 2.31. The molecule has 0 radical (unpaired) electrons. The van der Waals surface area contributed by atoms with Crippen LogP contribution < -0.4 is 5.32 Å². The van der Waals surface area contributed by atoms with Crippen LogP contribution in [0.4, 0.5) is 11.4 Å². The van der Waals surface area contributed by atoms with Crippen LogP contribution in [0.3, 0.4) is 0 Å². The Morgan fingerprint density at radius 2 is 2.15 bits per heavy atom. The predicted molar refractivity (Wildman–Crippen MR) is 70.0 cm³/mol. The molecule has 0 spiro atoms. The molecule has 0 atom stereocenters. The minimum Gasteiger partial charge on any atom is -0.371 e. The van der Waals surface area contributed by atoms with Gasteiger partial charge in [0.25, 0.3) is 0 Å².